The average Bonchev–Trinajstić information content (AvgIpc) is 2.44. The van der Waals surface area contributed by atoms with Gasteiger partial charge in [0.2, 0.25) is 0 Å². The SMILES string of the molecule is C.CC(=O)CCCCC(=O)O.CC(=O)c1cccc(C(=O)O)c1. The molecule has 1 rings (SSSR count). The van der Waals surface area contributed by atoms with Gasteiger partial charge in [-0.3, -0.25) is 9.59 Å². The second kappa shape index (κ2) is 12.1. The topological polar surface area (TPSA) is 109 Å². The Labute approximate surface area is 136 Å². The molecule has 6 heteroatoms. The summed E-state index contributed by atoms with van der Waals surface area (Å²) in [5.41, 5.74) is 0.567. The Kier molecular flexibility index (Phi) is 12.0. The number of carbonyl (C=O) groups is 4. The van der Waals surface area contributed by atoms with Crippen molar-refractivity contribution in [1.29, 1.82) is 0 Å². The molecule has 0 aliphatic carbocycles. The van der Waals surface area contributed by atoms with Crippen LogP contribution in [0.2, 0.25) is 0 Å². The van der Waals surface area contributed by atoms with E-state index in [4.69, 9.17) is 10.2 Å². The summed E-state index contributed by atoms with van der Waals surface area (Å²) < 4.78 is 0. The van der Waals surface area contributed by atoms with E-state index in [-0.39, 0.29) is 31.0 Å². The average molecular weight is 324 g/mol. The molecule has 0 amide bonds. The lowest BCUT2D eigenvalue weighted by Gasteiger charge is -1.96. The molecule has 0 unspecified atom stereocenters. The Bertz CT molecular complexity index is 503. The third-order valence-corrected chi connectivity index (χ3v) is 2.69. The molecule has 0 aliphatic rings. The zero-order valence-corrected chi connectivity index (χ0v) is 12.7. The Morgan fingerprint density at radius 1 is 0.913 bits per heavy atom. The second-order valence-corrected chi connectivity index (χ2v) is 4.75. The minimum absolute atomic E-state index is 0. The standard InChI is InChI=1S/C9H8O3.C7H12O3.CH4/c1-6(10)7-3-2-4-8(5-7)9(11)12;1-6(8)4-2-3-5-7(9)10;/h2-5H,1H3,(H,11,12);2-5H2,1H3,(H,9,10);1H4. The lowest BCUT2D eigenvalue weighted by atomic mass is 10.1. The van der Waals surface area contributed by atoms with Gasteiger partial charge in [0.1, 0.15) is 5.78 Å². The number of aromatic carboxylic acids is 1. The Morgan fingerprint density at radius 2 is 1.43 bits per heavy atom. The van der Waals surface area contributed by atoms with Crippen LogP contribution in [0.5, 0.6) is 0 Å². The van der Waals surface area contributed by atoms with Gasteiger partial charge in [0.15, 0.2) is 5.78 Å². The highest BCUT2D eigenvalue weighted by Gasteiger charge is 2.04. The largest absolute Gasteiger partial charge is 0.481 e. The fourth-order valence-electron chi connectivity index (χ4n) is 1.52. The number of carboxylic acids is 2. The first-order chi connectivity index (χ1) is 10.2. The van der Waals surface area contributed by atoms with Crippen LogP contribution in [-0.4, -0.2) is 33.7 Å². The fourth-order valence-corrected chi connectivity index (χ4v) is 1.52. The van der Waals surface area contributed by atoms with E-state index < -0.39 is 11.9 Å². The maximum atomic E-state index is 10.8. The molecule has 128 valence electrons. The summed E-state index contributed by atoms with van der Waals surface area (Å²) >= 11 is 0. The van der Waals surface area contributed by atoms with E-state index in [1.54, 1.807) is 12.1 Å². The normalized spacial score (nSPS) is 8.96. The van der Waals surface area contributed by atoms with E-state index >= 15 is 0 Å². The summed E-state index contributed by atoms with van der Waals surface area (Å²) in [5, 5.41) is 16.8. The fraction of sp³-hybridized carbons (Fsp3) is 0.412. The van der Waals surface area contributed by atoms with Crippen molar-refractivity contribution in [2.24, 2.45) is 0 Å². The molecule has 2 N–H and O–H groups in total. The summed E-state index contributed by atoms with van der Waals surface area (Å²) in [4.78, 5) is 41.6. The Balaban J connectivity index is 0. The number of aliphatic carboxylic acids is 1. The minimum atomic E-state index is -1.02. The van der Waals surface area contributed by atoms with E-state index in [9.17, 15) is 19.2 Å². The molecule has 1 aromatic carbocycles. The molecule has 0 saturated heterocycles. The van der Waals surface area contributed by atoms with Crippen molar-refractivity contribution < 1.29 is 29.4 Å². The predicted molar refractivity (Wildman–Crippen MR) is 86.9 cm³/mol. The Morgan fingerprint density at radius 3 is 1.87 bits per heavy atom. The van der Waals surface area contributed by atoms with Crippen LogP contribution in [0.25, 0.3) is 0 Å². The highest BCUT2D eigenvalue weighted by molar-refractivity contribution is 5.97. The molecular weight excluding hydrogens is 300 g/mol. The molecule has 0 radical (unpaired) electrons. The maximum absolute atomic E-state index is 10.8. The third-order valence-electron chi connectivity index (χ3n) is 2.69. The lowest BCUT2D eigenvalue weighted by molar-refractivity contribution is -0.137. The molecule has 0 saturated carbocycles. The van der Waals surface area contributed by atoms with Crippen LogP contribution >= 0.6 is 0 Å². The maximum Gasteiger partial charge on any atom is 0.335 e. The van der Waals surface area contributed by atoms with E-state index in [0.29, 0.717) is 24.8 Å². The van der Waals surface area contributed by atoms with Gasteiger partial charge in [-0.25, -0.2) is 4.79 Å². The number of hydrogen-bond acceptors (Lipinski definition) is 4. The molecule has 0 atom stereocenters. The van der Waals surface area contributed by atoms with Gasteiger partial charge in [0.25, 0.3) is 0 Å². The van der Waals surface area contributed by atoms with Gasteiger partial charge in [0, 0.05) is 18.4 Å². The van der Waals surface area contributed by atoms with Crippen molar-refractivity contribution in [3.05, 3.63) is 35.4 Å². The van der Waals surface area contributed by atoms with Crippen molar-refractivity contribution in [3.63, 3.8) is 0 Å². The first-order valence-corrected chi connectivity index (χ1v) is 6.79. The van der Waals surface area contributed by atoms with Gasteiger partial charge in [-0.1, -0.05) is 19.6 Å². The van der Waals surface area contributed by atoms with Crippen LogP contribution in [0.15, 0.2) is 24.3 Å². The summed E-state index contributed by atoms with van der Waals surface area (Å²) in [6.45, 7) is 2.92. The van der Waals surface area contributed by atoms with Crippen LogP contribution in [-0.2, 0) is 9.59 Å². The van der Waals surface area contributed by atoms with Gasteiger partial charge >= 0.3 is 11.9 Å². The number of carbonyl (C=O) groups excluding carboxylic acids is 2. The van der Waals surface area contributed by atoms with Crippen LogP contribution in [0.1, 0.15) is 67.7 Å². The monoisotopic (exact) mass is 324 g/mol. The molecule has 6 nitrogen and oxygen atoms in total. The van der Waals surface area contributed by atoms with Gasteiger partial charge in [0.05, 0.1) is 5.56 Å². The number of hydrogen-bond donors (Lipinski definition) is 2. The van der Waals surface area contributed by atoms with Crippen LogP contribution < -0.4 is 0 Å². The van der Waals surface area contributed by atoms with Gasteiger partial charge in [-0.05, 0) is 38.8 Å². The number of ketones is 2. The van der Waals surface area contributed by atoms with Crippen LogP contribution in [0.4, 0.5) is 0 Å². The lowest BCUT2D eigenvalue weighted by Crippen LogP contribution is -1.99. The minimum Gasteiger partial charge on any atom is -0.481 e. The van der Waals surface area contributed by atoms with Gasteiger partial charge < -0.3 is 15.0 Å². The van der Waals surface area contributed by atoms with E-state index in [2.05, 4.69) is 0 Å². The number of unbranched alkanes of at least 4 members (excludes halogenated alkanes) is 1. The molecule has 1 aromatic rings. The highest BCUT2D eigenvalue weighted by atomic mass is 16.4. The second-order valence-electron chi connectivity index (χ2n) is 4.75. The summed E-state index contributed by atoms with van der Waals surface area (Å²) in [7, 11) is 0. The molecule has 0 heterocycles. The first kappa shape index (κ1) is 22.8. The molecule has 0 spiro atoms. The van der Waals surface area contributed by atoms with E-state index in [1.807, 2.05) is 0 Å². The van der Waals surface area contributed by atoms with E-state index in [0.717, 1.165) is 0 Å². The third kappa shape index (κ3) is 11.8. The van der Waals surface area contributed by atoms with E-state index in [1.165, 1.54) is 26.0 Å². The van der Waals surface area contributed by atoms with Crippen molar-refractivity contribution in [1.82, 2.24) is 0 Å². The number of rotatable bonds is 7. The zero-order valence-electron chi connectivity index (χ0n) is 12.7. The van der Waals surface area contributed by atoms with Crippen LogP contribution in [0.3, 0.4) is 0 Å². The molecule has 23 heavy (non-hydrogen) atoms. The molecular formula is C17H24O6. The van der Waals surface area contributed by atoms with Crippen molar-refractivity contribution >= 4 is 23.5 Å². The number of benzene rings is 1. The summed E-state index contributed by atoms with van der Waals surface area (Å²) in [6.07, 6.45) is 1.98. The summed E-state index contributed by atoms with van der Waals surface area (Å²) in [5.74, 6) is -1.80. The Hall–Kier alpha value is -2.50. The summed E-state index contributed by atoms with van der Waals surface area (Å²) in [6, 6.07) is 5.97. The molecule has 0 aliphatic heterocycles. The van der Waals surface area contributed by atoms with Crippen molar-refractivity contribution in [2.75, 3.05) is 0 Å². The first-order valence-electron chi connectivity index (χ1n) is 6.79. The van der Waals surface area contributed by atoms with Gasteiger partial charge in [-0.2, -0.15) is 0 Å². The molecule has 0 bridgehead atoms. The van der Waals surface area contributed by atoms with Crippen molar-refractivity contribution in [3.8, 4) is 0 Å². The smallest absolute Gasteiger partial charge is 0.335 e. The number of Topliss-reactive ketones (excluding diaryl/α,β-unsaturated/α-hetero) is 2. The molecule has 0 fully saturated rings. The zero-order chi connectivity index (χ0) is 17.1. The van der Waals surface area contributed by atoms with Crippen LogP contribution in [0, 0.1) is 0 Å². The van der Waals surface area contributed by atoms with Crippen molar-refractivity contribution in [2.45, 2.75) is 47.0 Å². The molecule has 0 aromatic heterocycles. The van der Waals surface area contributed by atoms with Gasteiger partial charge in [-0.15, -0.1) is 0 Å². The predicted octanol–water partition coefficient (Wildman–Crippen LogP) is 3.44. The highest BCUT2D eigenvalue weighted by Crippen LogP contribution is 2.05. The number of carboxylic acid groups (broad SMARTS) is 2. The quantitative estimate of drug-likeness (QED) is 0.587.